The number of hydrogen-bond donors (Lipinski definition) is 1. The zero-order valence-electron chi connectivity index (χ0n) is 19.0. The van der Waals surface area contributed by atoms with E-state index in [-0.39, 0.29) is 49.4 Å². The molecule has 2 aliphatic heterocycles. The Morgan fingerprint density at radius 3 is 2.38 bits per heavy atom. The second kappa shape index (κ2) is 9.27. The topological polar surface area (TPSA) is 83.0 Å². The quantitative estimate of drug-likeness (QED) is 0.615. The summed E-state index contributed by atoms with van der Waals surface area (Å²) in [7, 11) is 1.65. The summed E-state index contributed by atoms with van der Waals surface area (Å²) in [5.41, 5.74) is 3.91. The zero-order valence-corrected chi connectivity index (χ0v) is 19.0. The third kappa shape index (κ3) is 4.03. The van der Waals surface area contributed by atoms with Gasteiger partial charge in [0.15, 0.2) is 0 Å². The third-order valence-electron chi connectivity index (χ3n) is 6.88. The van der Waals surface area contributed by atoms with E-state index in [1.165, 1.54) is 0 Å². The van der Waals surface area contributed by atoms with Gasteiger partial charge in [0.1, 0.15) is 5.75 Å². The second-order valence-electron chi connectivity index (χ2n) is 8.77. The number of rotatable bonds is 6. The van der Waals surface area contributed by atoms with E-state index in [4.69, 9.17) is 4.74 Å². The fourth-order valence-electron chi connectivity index (χ4n) is 5.14. The maximum absolute atomic E-state index is 12.9. The maximum Gasteiger partial charge on any atom is 0.242 e. The average Bonchev–Trinajstić information content (AvgIpc) is 2.86. The molecule has 7 heteroatoms. The van der Waals surface area contributed by atoms with Gasteiger partial charge in [-0.2, -0.15) is 0 Å². The fraction of sp³-hybridized carbons (Fsp3) is 0.296. The van der Waals surface area contributed by atoms with Gasteiger partial charge in [-0.1, -0.05) is 42.5 Å². The van der Waals surface area contributed by atoms with Crippen LogP contribution in [0.5, 0.6) is 5.75 Å². The van der Waals surface area contributed by atoms with Crippen molar-refractivity contribution < 1.29 is 19.4 Å². The molecule has 0 saturated carbocycles. The van der Waals surface area contributed by atoms with Crippen molar-refractivity contribution in [2.75, 3.05) is 26.8 Å². The molecular formula is C27H27N3O4. The van der Waals surface area contributed by atoms with Crippen molar-refractivity contribution in [1.29, 1.82) is 0 Å². The highest BCUT2D eigenvalue weighted by Crippen LogP contribution is 2.43. The van der Waals surface area contributed by atoms with Crippen molar-refractivity contribution in [3.63, 3.8) is 0 Å². The molecular weight excluding hydrogens is 430 g/mol. The first-order valence-electron chi connectivity index (χ1n) is 11.4. The first-order valence-corrected chi connectivity index (χ1v) is 11.4. The fourth-order valence-corrected chi connectivity index (χ4v) is 5.14. The zero-order chi connectivity index (χ0) is 23.7. The van der Waals surface area contributed by atoms with Gasteiger partial charge in [0, 0.05) is 24.4 Å². The van der Waals surface area contributed by atoms with Crippen molar-refractivity contribution in [1.82, 2.24) is 14.8 Å². The van der Waals surface area contributed by atoms with Crippen LogP contribution in [0.2, 0.25) is 0 Å². The van der Waals surface area contributed by atoms with Gasteiger partial charge in [0.2, 0.25) is 11.8 Å². The molecule has 2 amide bonds. The molecule has 0 unspecified atom stereocenters. The molecule has 2 aliphatic rings. The number of ether oxygens (including phenoxy) is 1. The predicted octanol–water partition coefficient (Wildman–Crippen LogP) is 2.50. The van der Waals surface area contributed by atoms with E-state index in [2.05, 4.69) is 29.2 Å². The Morgan fingerprint density at radius 2 is 1.76 bits per heavy atom. The van der Waals surface area contributed by atoms with Gasteiger partial charge in [-0.15, -0.1) is 0 Å². The van der Waals surface area contributed by atoms with E-state index >= 15 is 0 Å². The molecule has 7 nitrogen and oxygen atoms in total. The van der Waals surface area contributed by atoms with Crippen LogP contribution in [-0.4, -0.2) is 70.6 Å². The molecule has 0 spiro atoms. The molecule has 3 aromatic rings. The monoisotopic (exact) mass is 457 g/mol. The van der Waals surface area contributed by atoms with Crippen molar-refractivity contribution in [3.05, 3.63) is 84.2 Å². The molecule has 2 aromatic carbocycles. The van der Waals surface area contributed by atoms with Crippen LogP contribution in [0.25, 0.3) is 11.1 Å². The highest BCUT2D eigenvalue weighted by molar-refractivity contribution is 5.88. The van der Waals surface area contributed by atoms with Gasteiger partial charge >= 0.3 is 0 Å². The van der Waals surface area contributed by atoms with E-state index in [0.29, 0.717) is 12.2 Å². The summed E-state index contributed by atoms with van der Waals surface area (Å²) in [4.78, 5) is 33.4. The summed E-state index contributed by atoms with van der Waals surface area (Å²) in [5.74, 6) is 0.567. The van der Waals surface area contributed by atoms with Crippen molar-refractivity contribution in [2.24, 2.45) is 0 Å². The number of aliphatic hydroxyl groups excluding tert-OH is 1. The number of fused-ring (bicyclic) bond motifs is 1. The number of hydrogen-bond acceptors (Lipinski definition) is 5. The summed E-state index contributed by atoms with van der Waals surface area (Å²) in [6, 6.07) is 21.2. The van der Waals surface area contributed by atoms with Gasteiger partial charge in [-0.3, -0.25) is 14.6 Å². The minimum atomic E-state index is -0.266. The Balaban J connectivity index is 1.33. The Morgan fingerprint density at radius 1 is 1.06 bits per heavy atom. The van der Waals surface area contributed by atoms with Gasteiger partial charge in [-0.25, -0.2) is 0 Å². The number of nitrogens with zero attached hydrogens (tertiary/aromatic N) is 3. The number of carbonyl (C=O) groups is 2. The smallest absolute Gasteiger partial charge is 0.242 e. The number of piperazine rings is 1. The molecule has 1 N–H and O–H groups in total. The van der Waals surface area contributed by atoms with Gasteiger partial charge in [0.25, 0.3) is 0 Å². The average molecular weight is 458 g/mol. The van der Waals surface area contributed by atoms with E-state index in [0.717, 1.165) is 22.4 Å². The summed E-state index contributed by atoms with van der Waals surface area (Å²) in [6.07, 6.45) is 1.83. The van der Waals surface area contributed by atoms with Crippen molar-refractivity contribution in [2.45, 2.75) is 24.4 Å². The van der Waals surface area contributed by atoms with Crippen LogP contribution < -0.4 is 4.74 Å². The molecule has 2 fully saturated rings. The van der Waals surface area contributed by atoms with Crippen molar-refractivity contribution in [3.8, 4) is 16.9 Å². The minimum Gasteiger partial charge on any atom is -0.497 e. The number of methoxy groups -OCH3 is 1. The molecule has 1 aromatic heterocycles. The van der Waals surface area contributed by atoms with Crippen molar-refractivity contribution >= 4 is 11.8 Å². The number of aromatic nitrogens is 1. The third-order valence-corrected chi connectivity index (χ3v) is 6.88. The Kier molecular flexibility index (Phi) is 6.02. The first-order chi connectivity index (χ1) is 16.6. The lowest BCUT2D eigenvalue weighted by Gasteiger charge is -2.58. The van der Waals surface area contributed by atoms with E-state index in [1.54, 1.807) is 23.1 Å². The van der Waals surface area contributed by atoms with Crippen LogP contribution >= 0.6 is 0 Å². The molecule has 0 bridgehead atoms. The minimum absolute atomic E-state index is 0.0238. The van der Waals surface area contributed by atoms with Crippen LogP contribution in [-0.2, 0) is 16.0 Å². The maximum atomic E-state index is 12.9. The number of pyridine rings is 1. The molecule has 34 heavy (non-hydrogen) atoms. The number of amides is 2. The number of benzene rings is 2. The van der Waals surface area contributed by atoms with E-state index < -0.39 is 0 Å². The summed E-state index contributed by atoms with van der Waals surface area (Å²) in [5, 5.41) is 10.0. The highest BCUT2D eigenvalue weighted by atomic mass is 16.5. The molecule has 2 saturated heterocycles. The number of carbonyl (C=O) groups excluding carboxylic acids is 2. The lowest BCUT2D eigenvalue weighted by Crippen LogP contribution is -2.73. The van der Waals surface area contributed by atoms with Crippen LogP contribution in [0, 0.1) is 0 Å². The van der Waals surface area contributed by atoms with Crippen LogP contribution in [0.4, 0.5) is 0 Å². The van der Waals surface area contributed by atoms with E-state index in [9.17, 15) is 14.7 Å². The summed E-state index contributed by atoms with van der Waals surface area (Å²) >= 11 is 0. The second-order valence-corrected chi connectivity index (χ2v) is 8.77. The van der Waals surface area contributed by atoms with Gasteiger partial charge in [-0.05, 0) is 41.0 Å². The van der Waals surface area contributed by atoms with Gasteiger partial charge in [0.05, 0.1) is 38.8 Å². The highest BCUT2D eigenvalue weighted by Gasteiger charge is 2.54. The Hall–Kier alpha value is -3.71. The molecule has 0 radical (unpaired) electrons. The van der Waals surface area contributed by atoms with Crippen LogP contribution in [0.15, 0.2) is 72.9 Å². The summed E-state index contributed by atoms with van der Waals surface area (Å²) < 4.78 is 5.23. The first kappa shape index (κ1) is 22.1. The van der Waals surface area contributed by atoms with E-state index in [1.807, 2.05) is 42.5 Å². The predicted molar refractivity (Wildman–Crippen MR) is 127 cm³/mol. The van der Waals surface area contributed by atoms with Crippen LogP contribution in [0.3, 0.4) is 0 Å². The molecule has 174 valence electrons. The molecule has 3 heterocycles. The molecule has 3 atom stereocenters. The largest absolute Gasteiger partial charge is 0.497 e. The summed E-state index contributed by atoms with van der Waals surface area (Å²) in [6.45, 7) is 0.398. The molecule has 5 rings (SSSR count). The standard InChI is InChI=1S/C27H27N3O4/c1-34-22-11-9-19(10-12-22)18-5-7-20(8-6-18)27-23-15-29(16-26(33)30(23)24(27)17-31)25(32)14-21-4-2-3-13-28-21/h2-13,23-24,27,31H,14-17H2,1H3/t23-,24+,27+/m0/s1. The molecule has 0 aliphatic carbocycles. The van der Waals surface area contributed by atoms with Crippen LogP contribution in [0.1, 0.15) is 17.2 Å². The van der Waals surface area contributed by atoms with Gasteiger partial charge < -0.3 is 19.6 Å². The normalized spacial score (nSPS) is 21.6. The number of aliphatic hydroxyl groups is 1. The lowest BCUT2D eigenvalue weighted by molar-refractivity contribution is -0.166. The lowest BCUT2D eigenvalue weighted by atomic mass is 9.73. The Bertz CT molecular complexity index is 1160. The SMILES string of the molecule is COc1ccc(-c2ccc([C@H]3[C@@H](CO)N4C(=O)CN(C(=O)Cc5ccccn5)C[C@@H]34)cc2)cc1. The Labute approximate surface area is 198 Å².